The molecule has 1 aromatic rings. The van der Waals surface area contributed by atoms with Crippen molar-refractivity contribution < 1.29 is 9.90 Å². The predicted octanol–water partition coefficient (Wildman–Crippen LogP) is 1.70. The molecular weight excluding hydrogens is 192 g/mol. The zero-order chi connectivity index (χ0) is 10.7. The summed E-state index contributed by atoms with van der Waals surface area (Å²) in [4.78, 5) is 10.5. The van der Waals surface area contributed by atoms with Gasteiger partial charge in [-0.3, -0.25) is 9.48 Å². The number of carbonyl (C=O) groups is 1. The zero-order valence-electron chi connectivity index (χ0n) is 8.72. The molecule has 1 aliphatic rings. The third-order valence-electron chi connectivity index (χ3n) is 3.06. The molecule has 0 radical (unpaired) electrons. The van der Waals surface area contributed by atoms with Crippen LogP contribution in [0.1, 0.15) is 31.4 Å². The molecule has 0 amide bonds. The van der Waals surface area contributed by atoms with Crippen molar-refractivity contribution in [3.63, 3.8) is 0 Å². The van der Waals surface area contributed by atoms with Crippen molar-refractivity contribution in [1.29, 1.82) is 0 Å². The minimum atomic E-state index is -0.744. The largest absolute Gasteiger partial charge is 0.481 e. The summed E-state index contributed by atoms with van der Waals surface area (Å²) in [6.45, 7) is 0.960. The van der Waals surface area contributed by atoms with Crippen molar-refractivity contribution in [2.75, 3.05) is 0 Å². The molecule has 1 saturated carbocycles. The van der Waals surface area contributed by atoms with Crippen molar-refractivity contribution in [2.45, 2.75) is 38.6 Å². The molecular formula is C11H16N2O2. The molecule has 1 aromatic heterocycles. The van der Waals surface area contributed by atoms with Crippen LogP contribution in [-0.2, 0) is 17.8 Å². The van der Waals surface area contributed by atoms with E-state index < -0.39 is 5.97 Å². The molecule has 0 atom stereocenters. The monoisotopic (exact) mass is 208 g/mol. The summed E-state index contributed by atoms with van der Waals surface area (Å²) in [5.41, 5.74) is 1.05. The lowest BCUT2D eigenvalue weighted by Crippen LogP contribution is -2.20. The van der Waals surface area contributed by atoms with E-state index >= 15 is 0 Å². The van der Waals surface area contributed by atoms with Gasteiger partial charge in [-0.05, 0) is 31.2 Å². The molecule has 1 aliphatic carbocycles. The van der Waals surface area contributed by atoms with Gasteiger partial charge in [-0.25, -0.2) is 0 Å². The van der Waals surface area contributed by atoms with E-state index in [0.717, 1.165) is 18.2 Å². The van der Waals surface area contributed by atoms with Gasteiger partial charge in [0.05, 0.1) is 6.42 Å². The molecule has 0 bridgehead atoms. The smallest absolute Gasteiger partial charge is 0.303 e. The maximum absolute atomic E-state index is 10.5. The van der Waals surface area contributed by atoms with E-state index in [9.17, 15) is 4.79 Å². The highest BCUT2D eigenvalue weighted by Crippen LogP contribution is 2.28. The Bertz CT molecular complexity index is 342. The SMILES string of the molecule is O=C(O)CCc1ccnn1CC1CCC1. The van der Waals surface area contributed by atoms with E-state index in [2.05, 4.69) is 5.10 Å². The van der Waals surface area contributed by atoms with E-state index in [1.807, 2.05) is 10.7 Å². The molecule has 1 N–H and O–H groups in total. The predicted molar refractivity (Wildman–Crippen MR) is 55.5 cm³/mol. The molecule has 1 fully saturated rings. The normalized spacial score (nSPS) is 16.3. The molecule has 0 aromatic carbocycles. The number of rotatable bonds is 5. The lowest BCUT2D eigenvalue weighted by Gasteiger charge is -2.25. The van der Waals surface area contributed by atoms with Crippen molar-refractivity contribution in [3.8, 4) is 0 Å². The van der Waals surface area contributed by atoms with Gasteiger partial charge in [0, 0.05) is 18.4 Å². The molecule has 4 nitrogen and oxygen atoms in total. The van der Waals surface area contributed by atoms with Gasteiger partial charge in [-0.1, -0.05) is 6.42 Å². The molecule has 82 valence electrons. The van der Waals surface area contributed by atoms with Crippen molar-refractivity contribution in [2.24, 2.45) is 5.92 Å². The summed E-state index contributed by atoms with van der Waals surface area (Å²) in [7, 11) is 0. The van der Waals surface area contributed by atoms with Gasteiger partial charge in [0.1, 0.15) is 0 Å². The first-order valence-electron chi connectivity index (χ1n) is 5.48. The first-order chi connectivity index (χ1) is 7.25. The fourth-order valence-corrected chi connectivity index (χ4v) is 1.89. The number of aliphatic carboxylic acids is 1. The maximum Gasteiger partial charge on any atom is 0.303 e. The summed E-state index contributed by atoms with van der Waals surface area (Å²) in [5, 5.41) is 12.9. The minimum Gasteiger partial charge on any atom is -0.481 e. The number of hydrogen-bond acceptors (Lipinski definition) is 2. The van der Waals surface area contributed by atoms with Gasteiger partial charge in [-0.2, -0.15) is 5.10 Å². The Labute approximate surface area is 88.9 Å². The molecule has 0 aliphatic heterocycles. The summed E-state index contributed by atoms with van der Waals surface area (Å²) in [5.74, 6) is 0.0138. The Balaban J connectivity index is 1.91. The molecule has 0 unspecified atom stereocenters. The Kier molecular flexibility index (Phi) is 3.04. The second-order valence-electron chi connectivity index (χ2n) is 4.20. The van der Waals surface area contributed by atoms with Gasteiger partial charge < -0.3 is 5.11 Å². The van der Waals surface area contributed by atoms with E-state index in [1.54, 1.807) is 6.20 Å². The van der Waals surface area contributed by atoms with E-state index in [-0.39, 0.29) is 6.42 Å². The Morgan fingerprint density at radius 2 is 2.40 bits per heavy atom. The summed E-state index contributed by atoms with van der Waals surface area (Å²) in [6, 6.07) is 1.92. The van der Waals surface area contributed by atoms with Gasteiger partial charge in [-0.15, -0.1) is 0 Å². The van der Waals surface area contributed by atoms with Gasteiger partial charge in [0.2, 0.25) is 0 Å². The van der Waals surface area contributed by atoms with Crippen LogP contribution >= 0.6 is 0 Å². The second-order valence-corrected chi connectivity index (χ2v) is 4.20. The first-order valence-corrected chi connectivity index (χ1v) is 5.48. The van der Waals surface area contributed by atoms with E-state index in [0.29, 0.717) is 6.42 Å². The van der Waals surface area contributed by atoms with Gasteiger partial charge in [0.25, 0.3) is 0 Å². The Hall–Kier alpha value is -1.32. The molecule has 0 spiro atoms. The topological polar surface area (TPSA) is 55.1 Å². The number of aryl methyl sites for hydroxylation is 1. The molecule has 4 heteroatoms. The third kappa shape index (κ3) is 2.58. The van der Waals surface area contributed by atoms with Crippen LogP contribution < -0.4 is 0 Å². The van der Waals surface area contributed by atoms with E-state index in [1.165, 1.54) is 19.3 Å². The highest BCUT2D eigenvalue weighted by molar-refractivity contribution is 5.66. The zero-order valence-corrected chi connectivity index (χ0v) is 8.72. The number of carboxylic acid groups (broad SMARTS) is 1. The van der Waals surface area contributed by atoms with Crippen LogP contribution in [0.2, 0.25) is 0 Å². The molecule has 1 heterocycles. The highest BCUT2D eigenvalue weighted by atomic mass is 16.4. The Morgan fingerprint density at radius 3 is 3.00 bits per heavy atom. The Morgan fingerprint density at radius 1 is 1.60 bits per heavy atom. The quantitative estimate of drug-likeness (QED) is 0.801. The summed E-state index contributed by atoms with van der Waals surface area (Å²) < 4.78 is 1.97. The van der Waals surface area contributed by atoms with Crippen LogP contribution in [0.15, 0.2) is 12.3 Å². The van der Waals surface area contributed by atoms with Crippen LogP contribution in [0.4, 0.5) is 0 Å². The average Bonchev–Trinajstić information content (AvgIpc) is 2.55. The third-order valence-corrected chi connectivity index (χ3v) is 3.06. The van der Waals surface area contributed by atoms with Gasteiger partial charge >= 0.3 is 5.97 Å². The standard InChI is InChI=1S/C11H16N2O2/c14-11(15)5-4-10-6-7-12-13(10)8-9-2-1-3-9/h6-7,9H,1-5,8H2,(H,14,15). The van der Waals surface area contributed by atoms with Crippen LogP contribution in [0.5, 0.6) is 0 Å². The fourth-order valence-electron chi connectivity index (χ4n) is 1.89. The van der Waals surface area contributed by atoms with Crippen LogP contribution in [0.25, 0.3) is 0 Å². The van der Waals surface area contributed by atoms with Crippen molar-refractivity contribution in [1.82, 2.24) is 9.78 Å². The molecule has 2 rings (SSSR count). The van der Waals surface area contributed by atoms with Gasteiger partial charge in [0.15, 0.2) is 0 Å². The average molecular weight is 208 g/mol. The van der Waals surface area contributed by atoms with Crippen molar-refractivity contribution in [3.05, 3.63) is 18.0 Å². The number of hydrogen-bond donors (Lipinski definition) is 1. The van der Waals surface area contributed by atoms with Crippen LogP contribution in [0.3, 0.4) is 0 Å². The number of aromatic nitrogens is 2. The lowest BCUT2D eigenvalue weighted by molar-refractivity contribution is -0.136. The minimum absolute atomic E-state index is 0.191. The molecule has 0 saturated heterocycles. The first kappa shape index (κ1) is 10.2. The fraction of sp³-hybridized carbons (Fsp3) is 0.636. The lowest BCUT2D eigenvalue weighted by atomic mass is 9.85. The maximum atomic E-state index is 10.5. The van der Waals surface area contributed by atoms with Crippen LogP contribution in [-0.4, -0.2) is 20.9 Å². The second kappa shape index (κ2) is 4.47. The highest BCUT2D eigenvalue weighted by Gasteiger charge is 2.19. The van der Waals surface area contributed by atoms with Crippen molar-refractivity contribution >= 4 is 5.97 Å². The summed E-state index contributed by atoms with van der Waals surface area (Å²) >= 11 is 0. The number of carboxylic acids is 1. The van der Waals surface area contributed by atoms with E-state index in [4.69, 9.17) is 5.11 Å². The number of nitrogens with zero attached hydrogens (tertiary/aromatic N) is 2. The van der Waals surface area contributed by atoms with Crippen LogP contribution in [0, 0.1) is 5.92 Å². The summed E-state index contributed by atoms with van der Waals surface area (Å²) in [6.07, 6.45) is 6.45. The molecule has 15 heavy (non-hydrogen) atoms.